The number of aromatic nitrogens is 8. The molecule has 0 saturated heterocycles. The summed E-state index contributed by atoms with van der Waals surface area (Å²) in [6.45, 7) is 10.3. The summed E-state index contributed by atoms with van der Waals surface area (Å²) >= 11 is 0. The van der Waals surface area contributed by atoms with Gasteiger partial charge < -0.3 is 9.12 Å². The molecule has 0 aliphatic carbocycles. The molecule has 61 heavy (non-hydrogen) atoms. The van der Waals surface area contributed by atoms with E-state index in [1.54, 1.807) is 24.5 Å². The lowest BCUT2D eigenvalue weighted by molar-refractivity contribution is 0.112. The first-order chi connectivity index (χ1) is 29.3. The standard InChI is InChI=1S/C24H20N4.C13H14N2.C12H10N2O.CH4.BHP/c1-17-5-9-25-21(13-17)23-15-19(7-11-27-23)3-4-20-8-12-28-24(16-20)22-14-18(2)6-10-26-22;1-3-11-5-7-15-13(9-11)12-8-10(2)4-6-14-12;1-9-2-4-13-11(6-9)12-7-10(8-15)3-5-14-12;;1-2/h3-16H,1-2H3;4-9H,3H2,1-2H3;2-8H,1H3;1H4;2H/q;;;;-1/b4-3+;;;;. The molecule has 9 nitrogen and oxygen atoms in total. The van der Waals surface area contributed by atoms with Crippen LogP contribution in [-0.4, -0.2) is 53.7 Å². The van der Waals surface area contributed by atoms with Gasteiger partial charge in [0, 0.05) is 55.1 Å². The number of hydrogen-bond acceptors (Lipinski definition) is 9. The van der Waals surface area contributed by atoms with Gasteiger partial charge in [0.05, 0.1) is 45.6 Å². The third-order valence-corrected chi connectivity index (χ3v) is 8.90. The van der Waals surface area contributed by atoms with E-state index in [0.29, 0.717) is 5.56 Å². The fourth-order valence-corrected chi connectivity index (χ4v) is 5.77. The van der Waals surface area contributed by atoms with Crippen molar-refractivity contribution in [3.63, 3.8) is 0 Å². The number of nitrogens with zero attached hydrogens (tertiary/aromatic N) is 8. The van der Waals surface area contributed by atoms with Crippen molar-refractivity contribution in [1.82, 2.24) is 39.9 Å². The van der Waals surface area contributed by atoms with E-state index in [1.807, 2.05) is 117 Å². The summed E-state index contributed by atoms with van der Waals surface area (Å²) in [5.41, 5.74) is 15.6. The molecule has 0 amide bonds. The molecule has 8 aromatic rings. The van der Waals surface area contributed by atoms with Crippen LogP contribution in [0, 0.1) is 27.7 Å². The van der Waals surface area contributed by atoms with Gasteiger partial charge in [0.25, 0.3) is 0 Å². The number of rotatable bonds is 8. The van der Waals surface area contributed by atoms with E-state index in [9.17, 15) is 4.79 Å². The first-order valence-electron chi connectivity index (χ1n) is 19.2. The van der Waals surface area contributed by atoms with Gasteiger partial charge in [0.15, 0.2) is 0 Å². The Kier molecular flexibility index (Phi) is 18.6. The van der Waals surface area contributed by atoms with E-state index >= 15 is 0 Å². The number of pyridine rings is 8. The third-order valence-electron chi connectivity index (χ3n) is 8.90. The smallest absolute Gasteiger partial charge is 0.150 e. The van der Waals surface area contributed by atoms with Crippen LogP contribution in [0.3, 0.4) is 0 Å². The Balaban J connectivity index is 0.000000211. The van der Waals surface area contributed by atoms with Crippen molar-refractivity contribution in [3.8, 4) is 45.6 Å². The number of carbonyl (C=O) groups is 1. The summed E-state index contributed by atoms with van der Waals surface area (Å²) in [5, 5.41) is 0. The van der Waals surface area contributed by atoms with Crippen LogP contribution in [0.25, 0.3) is 57.7 Å². The van der Waals surface area contributed by atoms with Gasteiger partial charge in [-0.2, -0.15) is 7.57 Å². The lowest BCUT2D eigenvalue weighted by Crippen LogP contribution is -1.89. The van der Waals surface area contributed by atoms with Gasteiger partial charge in [0.1, 0.15) is 6.29 Å². The molecule has 0 unspecified atom stereocenters. The summed E-state index contributed by atoms with van der Waals surface area (Å²) in [6, 6.07) is 31.6. The zero-order valence-electron chi connectivity index (χ0n) is 34.4. The first kappa shape index (κ1) is 46.8. The van der Waals surface area contributed by atoms with Gasteiger partial charge in [-0.3, -0.25) is 44.7 Å². The third kappa shape index (κ3) is 14.4. The Morgan fingerprint density at radius 2 is 0.672 bits per heavy atom. The molecule has 0 atom stereocenters. The maximum Gasteiger partial charge on any atom is 0.150 e. The van der Waals surface area contributed by atoms with Crippen LogP contribution in [0.5, 0.6) is 0 Å². The number of hydrogen-bond donors (Lipinski definition) is 0. The number of carbonyl (C=O) groups excluding carboxylic acids is 1. The van der Waals surface area contributed by atoms with Gasteiger partial charge in [-0.1, -0.05) is 26.5 Å². The lowest BCUT2D eigenvalue weighted by atomic mass is 10.1. The maximum absolute atomic E-state index is 10.6. The molecular formula is C50H49BN8OP-. The van der Waals surface area contributed by atoms with Crippen LogP contribution in [0.2, 0.25) is 0 Å². The van der Waals surface area contributed by atoms with Crippen molar-refractivity contribution in [1.29, 1.82) is 0 Å². The van der Waals surface area contributed by atoms with Crippen molar-refractivity contribution in [2.24, 2.45) is 0 Å². The Morgan fingerprint density at radius 1 is 0.410 bits per heavy atom. The van der Waals surface area contributed by atoms with Crippen molar-refractivity contribution in [2.75, 3.05) is 0 Å². The molecule has 8 rings (SSSR count). The van der Waals surface area contributed by atoms with Crippen LogP contribution in [-0.2, 0) is 6.42 Å². The average Bonchev–Trinajstić information content (AvgIpc) is 3.30. The van der Waals surface area contributed by atoms with Gasteiger partial charge in [-0.05, 0) is 170 Å². The van der Waals surface area contributed by atoms with Crippen LogP contribution in [0.1, 0.15) is 63.7 Å². The average molecular weight is 820 g/mol. The Morgan fingerprint density at radius 3 is 0.984 bits per heavy atom. The van der Waals surface area contributed by atoms with E-state index in [-0.39, 0.29) is 7.43 Å². The SMILES string of the molecule is C.CCc1ccnc(-c2cc(C)ccn2)c1.Cc1ccnc(-c2cc(/C=C/c3ccnc(-c4cc(C)ccn4)c3)ccn2)c1.Cc1ccnc(-c2cc(C=O)ccn2)c1.[B][PH-]. The molecule has 304 valence electrons. The van der Waals surface area contributed by atoms with Crippen molar-refractivity contribution >= 4 is 35.1 Å². The predicted octanol–water partition coefficient (Wildman–Crippen LogP) is 11.5. The minimum atomic E-state index is 0. The van der Waals surface area contributed by atoms with Gasteiger partial charge in [-0.25, -0.2) is 0 Å². The molecule has 0 N–H and O–H groups in total. The summed E-state index contributed by atoms with van der Waals surface area (Å²) in [4.78, 5) is 45.4. The van der Waals surface area contributed by atoms with Crippen LogP contribution in [0.15, 0.2) is 147 Å². The van der Waals surface area contributed by atoms with Crippen LogP contribution in [0.4, 0.5) is 0 Å². The molecule has 0 aliphatic rings. The van der Waals surface area contributed by atoms with Gasteiger partial charge in [0.2, 0.25) is 0 Å². The molecule has 0 aromatic carbocycles. The molecule has 0 aliphatic heterocycles. The van der Waals surface area contributed by atoms with Crippen molar-refractivity contribution in [2.45, 2.75) is 48.5 Å². The van der Waals surface area contributed by atoms with E-state index in [2.05, 4.69) is 109 Å². The second-order valence-electron chi connectivity index (χ2n) is 13.7. The lowest BCUT2D eigenvalue weighted by Gasteiger charge is -2.03. The fourth-order valence-electron chi connectivity index (χ4n) is 5.77. The van der Waals surface area contributed by atoms with Crippen LogP contribution < -0.4 is 0 Å². The zero-order chi connectivity index (χ0) is 42.7. The highest BCUT2D eigenvalue weighted by molar-refractivity contribution is 7.49. The minimum Gasteiger partial charge on any atom is -0.606 e. The topological polar surface area (TPSA) is 120 Å². The second-order valence-corrected chi connectivity index (χ2v) is 13.7. The van der Waals surface area contributed by atoms with Crippen molar-refractivity contribution in [3.05, 3.63) is 191 Å². The molecule has 0 saturated carbocycles. The Hall–Kier alpha value is -6.90. The summed E-state index contributed by atoms with van der Waals surface area (Å²) in [6.07, 6.45) is 20.3. The fraction of sp³-hybridized carbons (Fsp3) is 0.140. The molecule has 2 radical (unpaired) electrons. The Bertz CT molecular complexity index is 2580. The molecule has 0 bridgehead atoms. The predicted molar refractivity (Wildman–Crippen MR) is 253 cm³/mol. The van der Waals surface area contributed by atoms with Gasteiger partial charge >= 0.3 is 0 Å². The van der Waals surface area contributed by atoms with Gasteiger partial charge in [-0.15, -0.1) is 0 Å². The summed E-state index contributed by atoms with van der Waals surface area (Å²) in [7, 11) is 6.78. The highest BCUT2D eigenvalue weighted by Crippen LogP contribution is 2.21. The molecule has 0 fully saturated rings. The second kappa shape index (κ2) is 24.3. The van der Waals surface area contributed by atoms with Crippen molar-refractivity contribution < 1.29 is 4.79 Å². The molecule has 8 aromatic heterocycles. The summed E-state index contributed by atoms with van der Waals surface area (Å²) in [5.74, 6) is 0. The monoisotopic (exact) mass is 819 g/mol. The van der Waals surface area contributed by atoms with E-state index < -0.39 is 0 Å². The molecule has 8 heterocycles. The number of aryl methyl sites for hydroxylation is 5. The normalized spacial score (nSPS) is 10.1. The minimum absolute atomic E-state index is 0. The quantitative estimate of drug-likeness (QED) is 0.0838. The Labute approximate surface area is 363 Å². The van der Waals surface area contributed by atoms with E-state index in [1.165, 1.54) is 22.3 Å². The molecular weight excluding hydrogens is 770 g/mol. The largest absolute Gasteiger partial charge is 0.606 e. The van der Waals surface area contributed by atoms with E-state index in [0.717, 1.165) is 74.9 Å². The number of aldehydes is 1. The highest BCUT2D eigenvalue weighted by Gasteiger charge is 2.05. The zero-order valence-corrected chi connectivity index (χ0v) is 35.4. The maximum atomic E-state index is 10.6. The van der Waals surface area contributed by atoms with E-state index in [4.69, 9.17) is 0 Å². The first-order valence-corrected chi connectivity index (χ1v) is 19.8. The molecule has 0 spiro atoms. The summed E-state index contributed by atoms with van der Waals surface area (Å²) < 4.78 is 0. The molecule has 11 heteroatoms. The highest BCUT2D eigenvalue weighted by atomic mass is 31.0. The van der Waals surface area contributed by atoms with Crippen LogP contribution >= 0.6 is 9.12 Å².